The fraction of sp³-hybridized carbons (Fsp3) is 0.938. The van der Waals surface area contributed by atoms with Crippen LogP contribution in [-0.4, -0.2) is 37.6 Å². The number of carbonyl (C=O) groups excluding carboxylic acids is 1. The molecular formula is C16H35NO2. The molecule has 0 rings (SSSR count). The van der Waals surface area contributed by atoms with Gasteiger partial charge in [-0.15, -0.1) is 0 Å². The maximum absolute atomic E-state index is 12.3. The number of rotatable bonds is 8. The highest BCUT2D eigenvalue weighted by molar-refractivity contribution is 5.78. The van der Waals surface area contributed by atoms with E-state index in [2.05, 4.69) is 20.8 Å². The van der Waals surface area contributed by atoms with Crippen molar-refractivity contribution in [2.45, 2.75) is 54.9 Å². The zero-order valence-corrected chi connectivity index (χ0v) is 14.3. The number of hydrogen-bond donors (Lipinski definition) is 0. The number of amides is 1. The van der Waals surface area contributed by atoms with Crippen LogP contribution in [0.3, 0.4) is 0 Å². The molecule has 3 heteroatoms. The Labute approximate surface area is 120 Å². The molecule has 3 unspecified atom stereocenters. The highest BCUT2D eigenvalue weighted by Crippen LogP contribution is 2.18. The molecule has 0 aromatic carbocycles. The van der Waals surface area contributed by atoms with Gasteiger partial charge in [-0.05, 0) is 18.8 Å². The van der Waals surface area contributed by atoms with Crippen LogP contribution in [0.2, 0.25) is 0 Å². The largest absolute Gasteiger partial charge is 0.384 e. The molecular weight excluding hydrogens is 238 g/mol. The van der Waals surface area contributed by atoms with Gasteiger partial charge < -0.3 is 9.64 Å². The third-order valence-electron chi connectivity index (χ3n) is 3.56. The first-order valence-electron chi connectivity index (χ1n) is 7.75. The van der Waals surface area contributed by atoms with E-state index in [4.69, 9.17) is 4.74 Å². The van der Waals surface area contributed by atoms with Gasteiger partial charge in [-0.25, -0.2) is 0 Å². The summed E-state index contributed by atoms with van der Waals surface area (Å²) in [7, 11) is 1.70. The fourth-order valence-electron chi connectivity index (χ4n) is 1.97. The molecule has 116 valence electrons. The van der Waals surface area contributed by atoms with E-state index in [-0.39, 0.29) is 11.8 Å². The number of ether oxygens (including phenoxy) is 1. The molecule has 0 aromatic heterocycles. The number of nitrogens with zero attached hydrogens (tertiary/aromatic N) is 1. The highest BCUT2D eigenvalue weighted by atomic mass is 16.5. The first-order valence-corrected chi connectivity index (χ1v) is 7.75. The normalized spacial score (nSPS) is 14.9. The van der Waals surface area contributed by atoms with Crippen LogP contribution in [0.1, 0.15) is 54.9 Å². The van der Waals surface area contributed by atoms with Crippen molar-refractivity contribution in [1.29, 1.82) is 0 Å². The van der Waals surface area contributed by atoms with Crippen LogP contribution in [0.4, 0.5) is 0 Å². The van der Waals surface area contributed by atoms with E-state index >= 15 is 0 Å². The SMILES string of the molecule is CC.CCC(C)C(C)C(=O)N(CC)CC(C)COC. The summed E-state index contributed by atoms with van der Waals surface area (Å²) in [5.74, 6) is 1.25. The molecule has 0 saturated heterocycles. The van der Waals surface area contributed by atoms with E-state index in [1.54, 1.807) is 7.11 Å². The van der Waals surface area contributed by atoms with Gasteiger partial charge in [-0.2, -0.15) is 0 Å². The molecule has 1 amide bonds. The Kier molecular flexibility index (Phi) is 13.6. The van der Waals surface area contributed by atoms with Gasteiger partial charge in [-0.3, -0.25) is 4.79 Å². The summed E-state index contributed by atoms with van der Waals surface area (Å²) in [5.41, 5.74) is 0. The standard InChI is InChI=1S/C14H29NO2.C2H6/c1-7-12(4)13(5)14(16)15(8-2)9-11(3)10-17-6;1-2/h11-13H,7-10H2,1-6H3;1-2H3. The fourth-order valence-corrected chi connectivity index (χ4v) is 1.97. The number of carbonyl (C=O) groups is 1. The van der Waals surface area contributed by atoms with Crippen LogP contribution in [-0.2, 0) is 9.53 Å². The molecule has 0 heterocycles. The lowest BCUT2D eigenvalue weighted by Gasteiger charge is -2.29. The predicted octanol–water partition coefficient (Wildman–Crippen LogP) is 3.83. The molecule has 0 saturated carbocycles. The quantitative estimate of drug-likeness (QED) is 0.673. The monoisotopic (exact) mass is 273 g/mol. The summed E-state index contributed by atoms with van der Waals surface area (Å²) in [4.78, 5) is 14.3. The molecule has 0 aliphatic heterocycles. The second-order valence-corrected chi connectivity index (χ2v) is 5.11. The molecule has 3 atom stereocenters. The molecule has 3 nitrogen and oxygen atoms in total. The van der Waals surface area contributed by atoms with Crippen LogP contribution < -0.4 is 0 Å². The average Bonchev–Trinajstić information content (AvgIpc) is 2.44. The molecule has 0 aliphatic rings. The summed E-state index contributed by atoms with van der Waals surface area (Å²) in [6, 6.07) is 0. The zero-order valence-electron chi connectivity index (χ0n) is 14.3. The van der Waals surface area contributed by atoms with Crippen molar-refractivity contribution in [3.63, 3.8) is 0 Å². The lowest BCUT2D eigenvalue weighted by Crippen LogP contribution is -2.40. The van der Waals surface area contributed by atoms with Crippen molar-refractivity contribution in [1.82, 2.24) is 4.90 Å². The maximum Gasteiger partial charge on any atom is 0.225 e. The van der Waals surface area contributed by atoms with Crippen LogP contribution in [0.5, 0.6) is 0 Å². The van der Waals surface area contributed by atoms with E-state index in [0.717, 1.165) is 19.5 Å². The van der Waals surface area contributed by atoms with E-state index in [1.165, 1.54) is 0 Å². The molecule has 0 aromatic rings. The van der Waals surface area contributed by atoms with Gasteiger partial charge in [0.05, 0.1) is 6.61 Å². The number of methoxy groups -OCH3 is 1. The Morgan fingerprint density at radius 2 is 1.68 bits per heavy atom. The maximum atomic E-state index is 12.3. The summed E-state index contributed by atoms with van der Waals surface area (Å²) in [5, 5.41) is 0. The minimum Gasteiger partial charge on any atom is -0.384 e. The second kappa shape index (κ2) is 12.5. The zero-order chi connectivity index (χ0) is 15.4. The Morgan fingerprint density at radius 3 is 2.05 bits per heavy atom. The minimum atomic E-state index is 0.120. The van der Waals surface area contributed by atoms with E-state index < -0.39 is 0 Å². The van der Waals surface area contributed by atoms with Crippen LogP contribution in [0.25, 0.3) is 0 Å². The van der Waals surface area contributed by atoms with Crippen molar-refractivity contribution in [2.24, 2.45) is 17.8 Å². The predicted molar refractivity (Wildman–Crippen MR) is 83.3 cm³/mol. The van der Waals surface area contributed by atoms with Crippen molar-refractivity contribution in [3.05, 3.63) is 0 Å². The third kappa shape index (κ3) is 8.25. The van der Waals surface area contributed by atoms with Crippen molar-refractivity contribution < 1.29 is 9.53 Å². The van der Waals surface area contributed by atoms with E-state index in [9.17, 15) is 4.79 Å². The van der Waals surface area contributed by atoms with Crippen molar-refractivity contribution in [2.75, 3.05) is 26.8 Å². The Balaban J connectivity index is 0. The number of hydrogen-bond acceptors (Lipinski definition) is 2. The molecule has 0 aliphatic carbocycles. The van der Waals surface area contributed by atoms with Crippen LogP contribution >= 0.6 is 0 Å². The molecule has 19 heavy (non-hydrogen) atoms. The summed E-state index contributed by atoms with van der Waals surface area (Å²) >= 11 is 0. The van der Waals surface area contributed by atoms with Gasteiger partial charge in [0.1, 0.15) is 0 Å². The Hall–Kier alpha value is -0.570. The summed E-state index contributed by atoms with van der Waals surface area (Å²) < 4.78 is 5.12. The first kappa shape index (κ1) is 20.7. The van der Waals surface area contributed by atoms with Crippen molar-refractivity contribution >= 4 is 5.91 Å². The Bertz CT molecular complexity index is 219. The molecule has 0 N–H and O–H groups in total. The summed E-state index contributed by atoms with van der Waals surface area (Å²) in [6.07, 6.45) is 1.05. The van der Waals surface area contributed by atoms with Gasteiger partial charge in [0.25, 0.3) is 0 Å². The molecule has 0 fully saturated rings. The van der Waals surface area contributed by atoms with Crippen LogP contribution in [0, 0.1) is 17.8 Å². The lowest BCUT2D eigenvalue weighted by molar-refractivity contribution is -0.137. The van der Waals surface area contributed by atoms with Gasteiger partial charge in [0, 0.05) is 26.1 Å². The van der Waals surface area contributed by atoms with E-state index in [0.29, 0.717) is 18.4 Å². The smallest absolute Gasteiger partial charge is 0.225 e. The van der Waals surface area contributed by atoms with Gasteiger partial charge >= 0.3 is 0 Å². The molecule has 0 bridgehead atoms. The molecule has 0 radical (unpaired) electrons. The lowest BCUT2D eigenvalue weighted by atomic mass is 9.92. The topological polar surface area (TPSA) is 29.5 Å². The van der Waals surface area contributed by atoms with Gasteiger partial charge in [0.2, 0.25) is 5.91 Å². The van der Waals surface area contributed by atoms with Crippen molar-refractivity contribution in [3.8, 4) is 0 Å². The second-order valence-electron chi connectivity index (χ2n) is 5.11. The van der Waals surface area contributed by atoms with Crippen LogP contribution in [0.15, 0.2) is 0 Å². The minimum absolute atomic E-state index is 0.120. The highest BCUT2D eigenvalue weighted by Gasteiger charge is 2.24. The third-order valence-corrected chi connectivity index (χ3v) is 3.56. The average molecular weight is 273 g/mol. The Morgan fingerprint density at radius 1 is 1.16 bits per heavy atom. The summed E-state index contributed by atoms with van der Waals surface area (Å²) in [6.45, 7) is 16.8. The molecule has 0 spiro atoms. The van der Waals surface area contributed by atoms with E-state index in [1.807, 2.05) is 32.6 Å². The van der Waals surface area contributed by atoms with Gasteiger partial charge in [-0.1, -0.05) is 48.0 Å². The van der Waals surface area contributed by atoms with Gasteiger partial charge in [0.15, 0.2) is 0 Å². The first-order chi connectivity index (χ1) is 8.97.